The molecule has 1 aliphatic carbocycles. The minimum atomic E-state index is 0.473. The predicted molar refractivity (Wildman–Crippen MR) is 94.8 cm³/mol. The van der Waals surface area contributed by atoms with Gasteiger partial charge in [-0.05, 0) is 49.3 Å². The Balaban J connectivity index is 1.95. The Morgan fingerprint density at radius 1 is 1.22 bits per heavy atom. The zero-order valence-electron chi connectivity index (χ0n) is 13.3. The van der Waals surface area contributed by atoms with Crippen molar-refractivity contribution in [2.24, 2.45) is 17.0 Å². The second-order valence-electron chi connectivity index (χ2n) is 6.55. The second kappa shape index (κ2) is 6.79. The van der Waals surface area contributed by atoms with E-state index >= 15 is 0 Å². The maximum atomic E-state index is 9.42. The van der Waals surface area contributed by atoms with E-state index in [1.54, 1.807) is 0 Å². The molecule has 1 atom stereocenters. The van der Waals surface area contributed by atoms with Crippen molar-refractivity contribution in [2.45, 2.75) is 33.1 Å². The molecular formula is C18H20BrN3O. The van der Waals surface area contributed by atoms with Gasteiger partial charge in [0.15, 0.2) is 0 Å². The quantitative estimate of drug-likeness (QED) is 0.626. The molecule has 0 fully saturated rings. The first-order chi connectivity index (χ1) is 11.1. The molecule has 0 saturated heterocycles. The number of halogens is 1. The molecule has 0 radical (unpaired) electrons. The van der Waals surface area contributed by atoms with Gasteiger partial charge in [0.2, 0.25) is 0 Å². The smallest absolute Gasteiger partial charge is 0.0936 e. The molecule has 120 valence electrons. The van der Waals surface area contributed by atoms with E-state index in [0.29, 0.717) is 11.8 Å². The first kappa shape index (κ1) is 16.1. The molecule has 2 aromatic rings. The van der Waals surface area contributed by atoms with Crippen LogP contribution in [0, 0.1) is 11.8 Å². The molecule has 0 saturated carbocycles. The standard InChI is InChI=1S/C18H20BrN3O/c1-11(2)7-12-8-17-15(18(9-12)22-23)10-16(20-21-17)13-3-5-14(19)6-4-13/h3-6,10-12,23H,7-9H2,1-2H3/b22-18+. The summed E-state index contributed by atoms with van der Waals surface area (Å²) in [5.74, 6) is 1.10. The Kier molecular flexibility index (Phi) is 4.76. The van der Waals surface area contributed by atoms with Crippen LogP contribution in [0.25, 0.3) is 11.3 Å². The first-order valence-corrected chi connectivity index (χ1v) is 8.70. The monoisotopic (exact) mass is 373 g/mol. The Hall–Kier alpha value is -1.75. The number of hydrogen-bond donors (Lipinski definition) is 1. The van der Waals surface area contributed by atoms with E-state index in [2.05, 4.69) is 45.1 Å². The summed E-state index contributed by atoms with van der Waals surface area (Å²) in [5.41, 5.74) is 4.41. The predicted octanol–water partition coefficient (Wildman–Crippen LogP) is 4.69. The van der Waals surface area contributed by atoms with Crippen molar-refractivity contribution >= 4 is 21.6 Å². The molecule has 3 rings (SSSR count). The molecule has 0 spiro atoms. The van der Waals surface area contributed by atoms with Crippen LogP contribution in [0.15, 0.2) is 40.0 Å². The normalized spacial score (nSPS) is 19.1. The van der Waals surface area contributed by atoms with Crippen LogP contribution in [0.3, 0.4) is 0 Å². The van der Waals surface area contributed by atoms with E-state index < -0.39 is 0 Å². The van der Waals surface area contributed by atoms with Gasteiger partial charge in [-0.25, -0.2) is 0 Å². The Morgan fingerprint density at radius 3 is 2.61 bits per heavy atom. The van der Waals surface area contributed by atoms with Gasteiger partial charge in [-0.2, -0.15) is 10.2 Å². The van der Waals surface area contributed by atoms with Gasteiger partial charge < -0.3 is 5.21 Å². The van der Waals surface area contributed by atoms with E-state index in [4.69, 9.17) is 0 Å². The van der Waals surface area contributed by atoms with Gasteiger partial charge in [0.05, 0.1) is 17.1 Å². The van der Waals surface area contributed by atoms with Crippen molar-refractivity contribution in [3.8, 4) is 11.3 Å². The second-order valence-corrected chi connectivity index (χ2v) is 7.46. The summed E-state index contributed by atoms with van der Waals surface area (Å²) in [6.07, 6.45) is 2.81. The third kappa shape index (κ3) is 3.61. The Labute approximate surface area is 144 Å². The number of fused-ring (bicyclic) bond motifs is 1. The molecule has 1 aromatic heterocycles. The third-order valence-electron chi connectivity index (χ3n) is 4.21. The number of rotatable bonds is 3. The van der Waals surface area contributed by atoms with Gasteiger partial charge in [-0.3, -0.25) is 0 Å². The zero-order chi connectivity index (χ0) is 16.4. The number of benzene rings is 1. The molecule has 1 aliphatic rings. The highest BCUT2D eigenvalue weighted by molar-refractivity contribution is 9.10. The van der Waals surface area contributed by atoms with Crippen LogP contribution in [0.2, 0.25) is 0 Å². The molecule has 1 aromatic carbocycles. The Morgan fingerprint density at radius 2 is 1.96 bits per heavy atom. The molecule has 1 heterocycles. The molecule has 0 aliphatic heterocycles. The average Bonchev–Trinajstić information content (AvgIpc) is 2.54. The van der Waals surface area contributed by atoms with Crippen molar-refractivity contribution in [3.63, 3.8) is 0 Å². The van der Waals surface area contributed by atoms with Gasteiger partial charge >= 0.3 is 0 Å². The van der Waals surface area contributed by atoms with Crippen molar-refractivity contribution in [1.82, 2.24) is 10.2 Å². The number of hydrogen-bond acceptors (Lipinski definition) is 4. The van der Waals surface area contributed by atoms with Crippen molar-refractivity contribution < 1.29 is 5.21 Å². The van der Waals surface area contributed by atoms with E-state index in [1.807, 2.05) is 30.3 Å². The summed E-state index contributed by atoms with van der Waals surface area (Å²) in [7, 11) is 0. The fraction of sp³-hybridized carbons (Fsp3) is 0.389. The van der Waals surface area contributed by atoms with Crippen LogP contribution >= 0.6 is 15.9 Å². The average molecular weight is 374 g/mol. The lowest BCUT2D eigenvalue weighted by atomic mass is 9.81. The summed E-state index contributed by atoms with van der Waals surface area (Å²) in [4.78, 5) is 0. The summed E-state index contributed by atoms with van der Waals surface area (Å²) in [5, 5.41) is 21.8. The molecule has 0 amide bonds. The molecule has 23 heavy (non-hydrogen) atoms. The largest absolute Gasteiger partial charge is 0.411 e. The SMILES string of the molecule is CC(C)CC1C/C(=N\O)c2cc(-c3ccc(Br)cc3)nnc2C1. The minimum Gasteiger partial charge on any atom is -0.411 e. The first-order valence-electron chi connectivity index (χ1n) is 7.90. The van der Waals surface area contributed by atoms with Gasteiger partial charge in [-0.1, -0.05) is 47.1 Å². The molecule has 4 nitrogen and oxygen atoms in total. The van der Waals surface area contributed by atoms with Crippen LogP contribution in [0.5, 0.6) is 0 Å². The van der Waals surface area contributed by atoms with Gasteiger partial charge in [0.1, 0.15) is 0 Å². The molecule has 1 N–H and O–H groups in total. The topological polar surface area (TPSA) is 58.4 Å². The highest BCUT2D eigenvalue weighted by Crippen LogP contribution is 2.31. The highest BCUT2D eigenvalue weighted by atomic mass is 79.9. The van der Waals surface area contributed by atoms with E-state index in [0.717, 1.165) is 52.0 Å². The van der Waals surface area contributed by atoms with Gasteiger partial charge in [-0.15, -0.1) is 0 Å². The summed E-state index contributed by atoms with van der Waals surface area (Å²) in [6, 6.07) is 9.96. The zero-order valence-corrected chi connectivity index (χ0v) is 14.9. The molecular weight excluding hydrogens is 354 g/mol. The highest BCUT2D eigenvalue weighted by Gasteiger charge is 2.26. The number of aromatic nitrogens is 2. The molecule has 0 bridgehead atoms. The van der Waals surface area contributed by atoms with Gasteiger partial charge in [0, 0.05) is 15.6 Å². The van der Waals surface area contributed by atoms with Crippen molar-refractivity contribution in [2.75, 3.05) is 0 Å². The summed E-state index contributed by atoms with van der Waals surface area (Å²) in [6.45, 7) is 4.43. The van der Waals surface area contributed by atoms with Gasteiger partial charge in [0.25, 0.3) is 0 Å². The maximum Gasteiger partial charge on any atom is 0.0936 e. The fourth-order valence-electron chi connectivity index (χ4n) is 3.24. The summed E-state index contributed by atoms with van der Waals surface area (Å²) < 4.78 is 1.03. The van der Waals surface area contributed by atoms with Crippen LogP contribution < -0.4 is 0 Å². The van der Waals surface area contributed by atoms with Crippen LogP contribution in [-0.2, 0) is 6.42 Å². The van der Waals surface area contributed by atoms with E-state index in [9.17, 15) is 5.21 Å². The lowest BCUT2D eigenvalue weighted by molar-refractivity contribution is 0.313. The fourth-order valence-corrected chi connectivity index (χ4v) is 3.50. The van der Waals surface area contributed by atoms with Crippen molar-refractivity contribution in [1.29, 1.82) is 0 Å². The maximum absolute atomic E-state index is 9.42. The molecule has 1 unspecified atom stereocenters. The van der Waals surface area contributed by atoms with E-state index in [1.165, 1.54) is 0 Å². The number of oxime groups is 1. The van der Waals surface area contributed by atoms with E-state index in [-0.39, 0.29) is 0 Å². The Bertz CT molecular complexity index is 726. The lowest BCUT2D eigenvalue weighted by Crippen LogP contribution is -2.24. The number of nitrogens with zero attached hydrogens (tertiary/aromatic N) is 3. The third-order valence-corrected chi connectivity index (χ3v) is 4.74. The lowest BCUT2D eigenvalue weighted by Gasteiger charge is -2.25. The molecule has 5 heteroatoms. The van der Waals surface area contributed by atoms with Crippen LogP contribution in [-0.4, -0.2) is 21.1 Å². The summed E-state index contributed by atoms with van der Waals surface area (Å²) >= 11 is 3.44. The van der Waals surface area contributed by atoms with Crippen molar-refractivity contribution in [3.05, 3.63) is 46.1 Å². The van der Waals surface area contributed by atoms with Crippen LogP contribution in [0.4, 0.5) is 0 Å². The minimum absolute atomic E-state index is 0.473. The van der Waals surface area contributed by atoms with Crippen LogP contribution in [0.1, 0.15) is 37.9 Å².